The van der Waals surface area contributed by atoms with Gasteiger partial charge in [-0.15, -0.1) is 0 Å². The van der Waals surface area contributed by atoms with Gasteiger partial charge in [-0.05, 0) is 46.5 Å². The van der Waals surface area contributed by atoms with Crippen LogP contribution < -0.4 is 4.74 Å². The maximum atomic E-state index is 14.4. The van der Waals surface area contributed by atoms with Gasteiger partial charge in [-0.3, -0.25) is 0 Å². The molecule has 2 aromatic heterocycles. The summed E-state index contributed by atoms with van der Waals surface area (Å²) in [6, 6.07) is 20.3. The van der Waals surface area contributed by atoms with Crippen molar-refractivity contribution in [1.82, 2.24) is 9.97 Å². The van der Waals surface area contributed by atoms with Gasteiger partial charge in [-0.2, -0.15) is 4.39 Å². The van der Waals surface area contributed by atoms with Crippen molar-refractivity contribution in [2.75, 3.05) is 7.11 Å². The zero-order valence-corrected chi connectivity index (χ0v) is 16.4. The zero-order valence-electron chi connectivity index (χ0n) is 16.4. The normalized spacial score (nSPS) is 11.6. The number of hydrogen-bond acceptors (Lipinski definition) is 2. The summed E-state index contributed by atoms with van der Waals surface area (Å²) < 4.78 is 20.0. The van der Waals surface area contributed by atoms with E-state index in [-0.39, 0.29) is 0 Å². The fourth-order valence-corrected chi connectivity index (χ4v) is 4.20. The van der Waals surface area contributed by atoms with E-state index < -0.39 is 5.95 Å². The number of fused-ring (bicyclic) bond motifs is 4. The Kier molecular flexibility index (Phi) is 4.20. The smallest absolute Gasteiger partial charge is 0.213 e. The molecule has 2 heterocycles. The molecule has 5 aromatic rings. The van der Waals surface area contributed by atoms with Crippen LogP contribution in [0, 0.1) is 5.95 Å². The van der Waals surface area contributed by atoms with E-state index in [0.717, 1.165) is 50.8 Å². The van der Waals surface area contributed by atoms with E-state index in [1.165, 1.54) is 16.8 Å². The van der Waals surface area contributed by atoms with Crippen LogP contribution in [0.3, 0.4) is 0 Å². The molecule has 144 valence electrons. The first-order valence-corrected chi connectivity index (χ1v) is 9.86. The van der Waals surface area contributed by atoms with Crippen molar-refractivity contribution in [2.45, 2.75) is 19.8 Å². The molecule has 0 bridgehead atoms. The van der Waals surface area contributed by atoms with Crippen molar-refractivity contribution in [2.24, 2.45) is 0 Å². The van der Waals surface area contributed by atoms with Crippen LogP contribution in [0.15, 0.2) is 60.7 Å². The Morgan fingerprint density at radius 3 is 2.59 bits per heavy atom. The van der Waals surface area contributed by atoms with Crippen molar-refractivity contribution in [3.8, 4) is 16.9 Å². The molecular formula is C25H21FN2O. The number of aromatic amines is 1. The Hall–Kier alpha value is -3.40. The highest BCUT2D eigenvalue weighted by Gasteiger charge is 2.18. The van der Waals surface area contributed by atoms with E-state index in [0.29, 0.717) is 6.42 Å². The van der Waals surface area contributed by atoms with Gasteiger partial charge in [0.15, 0.2) is 0 Å². The number of methoxy groups -OCH3 is 1. The molecule has 3 aromatic carbocycles. The summed E-state index contributed by atoms with van der Waals surface area (Å²) in [6.45, 7) is 2.07. The van der Waals surface area contributed by atoms with Crippen molar-refractivity contribution < 1.29 is 9.13 Å². The van der Waals surface area contributed by atoms with Crippen molar-refractivity contribution in [1.29, 1.82) is 0 Å². The highest BCUT2D eigenvalue weighted by Crippen LogP contribution is 2.40. The predicted octanol–water partition coefficient (Wildman–Crippen LogP) is 6.64. The molecule has 1 N–H and O–H groups in total. The van der Waals surface area contributed by atoms with E-state index >= 15 is 0 Å². The van der Waals surface area contributed by atoms with Gasteiger partial charge in [0.2, 0.25) is 5.95 Å². The van der Waals surface area contributed by atoms with Crippen LogP contribution in [0.2, 0.25) is 0 Å². The number of hydrogen-bond donors (Lipinski definition) is 1. The molecule has 0 aliphatic heterocycles. The molecule has 0 aliphatic carbocycles. The Morgan fingerprint density at radius 1 is 0.966 bits per heavy atom. The number of pyridine rings is 1. The molecule has 5 rings (SSSR count). The summed E-state index contributed by atoms with van der Waals surface area (Å²) in [5, 5.41) is 4.18. The third-order valence-corrected chi connectivity index (χ3v) is 5.52. The molecule has 0 saturated carbocycles. The second kappa shape index (κ2) is 6.89. The molecule has 0 atom stereocenters. The minimum absolute atomic E-state index is 0.450. The number of ether oxygens (including phenoxy) is 1. The lowest BCUT2D eigenvalue weighted by atomic mass is 9.96. The maximum Gasteiger partial charge on any atom is 0.213 e. The quantitative estimate of drug-likeness (QED) is 0.353. The van der Waals surface area contributed by atoms with Crippen LogP contribution in [-0.4, -0.2) is 17.1 Å². The van der Waals surface area contributed by atoms with Crippen LogP contribution in [0.25, 0.3) is 43.7 Å². The first-order chi connectivity index (χ1) is 14.2. The standard InChI is InChI=1S/C25H21FN2O/c1-3-6-20-24-19(14-22(26)27-20)23-18(11-12-21(29-2)25(23)28-24)17-10-9-15-7-4-5-8-16(15)13-17/h4-5,7-14,28H,3,6H2,1-2H3. The Balaban J connectivity index is 1.88. The second-order valence-electron chi connectivity index (χ2n) is 7.32. The number of H-pyrrole nitrogens is 1. The minimum Gasteiger partial charge on any atom is -0.495 e. The predicted molar refractivity (Wildman–Crippen MR) is 117 cm³/mol. The highest BCUT2D eigenvalue weighted by atomic mass is 19.1. The van der Waals surface area contributed by atoms with Gasteiger partial charge >= 0.3 is 0 Å². The van der Waals surface area contributed by atoms with E-state index in [9.17, 15) is 4.39 Å². The van der Waals surface area contributed by atoms with Crippen LogP contribution in [0.1, 0.15) is 19.0 Å². The summed E-state index contributed by atoms with van der Waals surface area (Å²) in [4.78, 5) is 7.62. The van der Waals surface area contributed by atoms with E-state index in [1.54, 1.807) is 7.11 Å². The topological polar surface area (TPSA) is 37.9 Å². The maximum absolute atomic E-state index is 14.4. The Labute approximate surface area is 168 Å². The molecule has 0 fully saturated rings. The molecule has 0 unspecified atom stereocenters. The molecule has 29 heavy (non-hydrogen) atoms. The lowest BCUT2D eigenvalue weighted by molar-refractivity contribution is 0.419. The van der Waals surface area contributed by atoms with Gasteiger partial charge in [-0.25, -0.2) is 4.98 Å². The fourth-order valence-electron chi connectivity index (χ4n) is 4.20. The second-order valence-corrected chi connectivity index (χ2v) is 7.32. The number of nitrogens with one attached hydrogen (secondary N) is 1. The largest absolute Gasteiger partial charge is 0.495 e. The van der Waals surface area contributed by atoms with Gasteiger partial charge in [0.05, 0.1) is 23.8 Å². The number of halogens is 1. The van der Waals surface area contributed by atoms with Gasteiger partial charge in [0.1, 0.15) is 5.75 Å². The molecule has 3 nitrogen and oxygen atoms in total. The summed E-state index contributed by atoms with van der Waals surface area (Å²) in [7, 11) is 1.65. The van der Waals surface area contributed by atoms with Crippen LogP contribution in [-0.2, 0) is 6.42 Å². The first kappa shape index (κ1) is 17.7. The summed E-state index contributed by atoms with van der Waals surface area (Å²) in [5.41, 5.74) is 4.65. The van der Waals surface area contributed by atoms with Gasteiger partial charge in [-0.1, -0.05) is 49.7 Å². The lowest BCUT2D eigenvalue weighted by Gasteiger charge is -2.09. The van der Waals surface area contributed by atoms with Crippen LogP contribution in [0.5, 0.6) is 5.75 Å². The molecule has 0 saturated heterocycles. The average molecular weight is 384 g/mol. The molecule has 0 aliphatic rings. The lowest BCUT2D eigenvalue weighted by Crippen LogP contribution is -1.94. The Morgan fingerprint density at radius 2 is 1.79 bits per heavy atom. The van der Waals surface area contributed by atoms with Gasteiger partial charge < -0.3 is 9.72 Å². The molecule has 0 spiro atoms. The highest BCUT2D eigenvalue weighted by molar-refractivity contribution is 6.16. The molecular weight excluding hydrogens is 363 g/mol. The van der Waals surface area contributed by atoms with E-state index in [2.05, 4.69) is 53.3 Å². The number of aromatic nitrogens is 2. The van der Waals surface area contributed by atoms with Crippen molar-refractivity contribution in [3.63, 3.8) is 0 Å². The summed E-state index contributed by atoms with van der Waals surface area (Å²) in [6.07, 6.45) is 1.62. The third kappa shape index (κ3) is 2.83. The van der Waals surface area contributed by atoms with Gasteiger partial charge in [0, 0.05) is 16.8 Å². The molecule has 4 heteroatoms. The van der Waals surface area contributed by atoms with Crippen LogP contribution in [0.4, 0.5) is 4.39 Å². The van der Waals surface area contributed by atoms with Gasteiger partial charge in [0.25, 0.3) is 0 Å². The number of aryl methyl sites for hydroxylation is 1. The first-order valence-electron chi connectivity index (χ1n) is 9.86. The number of nitrogens with zero attached hydrogens (tertiary/aromatic N) is 1. The Bertz CT molecular complexity index is 1370. The van der Waals surface area contributed by atoms with E-state index in [1.807, 2.05) is 18.2 Å². The minimum atomic E-state index is -0.450. The fraction of sp³-hybridized carbons (Fsp3) is 0.160. The van der Waals surface area contributed by atoms with E-state index in [4.69, 9.17) is 4.74 Å². The number of rotatable bonds is 4. The van der Waals surface area contributed by atoms with Crippen LogP contribution >= 0.6 is 0 Å². The number of benzene rings is 3. The van der Waals surface area contributed by atoms with Crippen molar-refractivity contribution in [3.05, 3.63) is 72.3 Å². The SMILES string of the molecule is CCCc1nc(F)cc2c1[nH]c1c(OC)ccc(-c3ccc4ccccc4c3)c12. The summed E-state index contributed by atoms with van der Waals surface area (Å²) >= 11 is 0. The van der Waals surface area contributed by atoms with Crippen molar-refractivity contribution >= 4 is 32.6 Å². The summed E-state index contributed by atoms with van der Waals surface area (Å²) in [5.74, 6) is 0.290. The monoisotopic (exact) mass is 384 g/mol. The zero-order chi connectivity index (χ0) is 20.0. The third-order valence-electron chi connectivity index (χ3n) is 5.52. The molecule has 0 radical (unpaired) electrons. The molecule has 0 amide bonds. The average Bonchev–Trinajstić information content (AvgIpc) is 3.13.